The van der Waals surface area contributed by atoms with Crippen LogP contribution in [0.3, 0.4) is 0 Å². The summed E-state index contributed by atoms with van der Waals surface area (Å²) >= 11 is 13.2. The molecule has 0 fully saturated rings. The molecule has 1 aromatic heterocycles. The Labute approximate surface area is 149 Å². The van der Waals surface area contributed by atoms with E-state index in [2.05, 4.69) is 5.32 Å². The molecular formula is C16H16Cl2N2O2S. The van der Waals surface area contributed by atoms with Crippen molar-refractivity contribution in [2.24, 2.45) is 0 Å². The first-order valence-corrected chi connectivity index (χ1v) is 8.49. The Hall–Kier alpha value is -1.56. The molecule has 2 rings (SSSR count). The predicted octanol–water partition coefficient (Wildman–Crippen LogP) is 4.72. The Morgan fingerprint density at radius 2 is 1.87 bits per heavy atom. The van der Waals surface area contributed by atoms with Gasteiger partial charge in [0.05, 0.1) is 19.9 Å². The molecule has 2 aromatic rings. The first-order chi connectivity index (χ1) is 10.9. The molecule has 4 nitrogen and oxygen atoms in total. The van der Waals surface area contributed by atoms with E-state index in [0.29, 0.717) is 19.9 Å². The van der Waals surface area contributed by atoms with Gasteiger partial charge in [-0.3, -0.25) is 9.59 Å². The normalized spacial score (nSPS) is 10.4. The first kappa shape index (κ1) is 17.8. The van der Waals surface area contributed by atoms with Gasteiger partial charge in [-0.1, -0.05) is 23.2 Å². The maximum absolute atomic E-state index is 11.9. The number of anilines is 2. The molecule has 1 aromatic carbocycles. The average molecular weight is 371 g/mol. The van der Waals surface area contributed by atoms with Crippen molar-refractivity contribution in [3.63, 3.8) is 0 Å². The fourth-order valence-electron chi connectivity index (χ4n) is 1.99. The van der Waals surface area contributed by atoms with Gasteiger partial charge in [0, 0.05) is 32.6 Å². The molecule has 0 aliphatic rings. The molecule has 122 valence electrons. The van der Waals surface area contributed by atoms with Crippen LogP contribution < -0.4 is 10.2 Å². The third-order valence-corrected chi connectivity index (χ3v) is 4.72. The number of carbonyl (C=O) groups is 2. The first-order valence-electron chi connectivity index (χ1n) is 6.92. The molecule has 1 amide bonds. The molecule has 0 saturated heterocycles. The molecule has 23 heavy (non-hydrogen) atoms. The lowest BCUT2D eigenvalue weighted by atomic mass is 10.2. The molecule has 7 heteroatoms. The number of benzene rings is 1. The lowest BCUT2D eigenvalue weighted by molar-refractivity contribution is -0.116. The quantitative estimate of drug-likeness (QED) is 0.748. The van der Waals surface area contributed by atoms with Crippen molar-refractivity contribution in [1.29, 1.82) is 0 Å². The zero-order valence-corrected chi connectivity index (χ0v) is 15.1. The summed E-state index contributed by atoms with van der Waals surface area (Å²) in [4.78, 5) is 26.3. The summed E-state index contributed by atoms with van der Waals surface area (Å²) in [7, 11) is 3.78. The third kappa shape index (κ3) is 4.96. The van der Waals surface area contributed by atoms with Crippen molar-refractivity contribution in [3.8, 4) is 0 Å². The molecule has 0 aliphatic heterocycles. The molecular weight excluding hydrogens is 355 g/mol. The Balaban J connectivity index is 1.90. The van der Waals surface area contributed by atoms with E-state index in [4.69, 9.17) is 23.2 Å². The zero-order valence-electron chi connectivity index (χ0n) is 12.7. The summed E-state index contributed by atoms with van der Waals surface area (Å²) in [6.07, 6.45) is 0.258. The third-order valence-electron chi connectivity index (χ3n) is 3.14. The van der Waals surface area contributed by atoms with Gasteiger partial charge in [0.15, 0.2) is 5.78 Å². The Bertz CT molecular complexity index is 729. The van der Waals surface area contributed by atoms with E-state index in [1.54, 1.807) is 24.3 Å². The van der Waals surface area contributed by atoms with Crippen molar-refractivity contribution in [2.75, 3.05) is 24.3 Å². The van der Waals surface area contributed by atoms with Gasteiger partial charge in [0.25, 0.3) is 0 Å². The molecule has 0 spiro atoms. The Morgan fingerprint density at radius 1 is 1.13 bits per heavy atom. The van der Waals surface area contributed by atoms with E-state index in [9.17, 15) is 9.59 Å². The van der Waals surface area contributed by atoms with Gasteiger partial charge in [-0.2, -0.15) is 0 Å². The standard InChI is InChI=1S/C16H16Cl2N2O2S/c1-20(2)12-4-3-10(9-11(12)17)19-16(22)8-5-13(21)14-6-7-15(18)23-14/h3-4,6-7,9H,5,8H2,1-2H3,(H,19,22). The van der Waals surface area contributed by atoms with E-state index >= 15 is 0 Å². The van der Waals surface area contributed by atoms with Crippen LogP contribution in [0.1, 0.15) is 22.5 Å². The van der Waals surface area contributed by atoms with Crippen LogP contribution >= 0.6 is 34.5 Å². The van der Waals surface area contributed by atoms with Gasteiger partial charge in [-0.05, 0) is 30.3 Å². The highest BCUT2D eigenvalue weighted by molar-refractivity contribution is 7.18. The number of nitrogens with one attached hydrogen (secondary N) is 1. The molecule has 0 atom stereocenters. The molecule has 0 bridgehead atoms. The van der Waals surface area contributed by atoms with Crippen LogP contribution in [-0.4, -0.2) is 25.8 Å². The largest absolute Gasteiger partial charge is 0.376 e. The summed E-state index contributed by atoms with van der Waals surface area (Å²) in [5.41, 5.74) is 1.48. The number of hydrogen-bond acceptors (Lipinski definition) is 4. The lowest BCUT2D eigenvalue weighted by Gasteiger charge is -2.15. The van der Waals surface area contributed by atoms with Crippen LogP contribution in [0, 0.1) is 0 Å². The highest BCUT2D eigenvalue weighted by atomic mass is 35.5. The van der Waals surface area contributed by atoms with Gasteiger partial charge in [-0.25, -0.2) is 0 Å². The number of Topliss-reactive ketones (excluding diaryl/α,β-unsaturated/α-hetero) is 1. The van der Waals surface area contributed by atoms with Crippen molar-refractivity contribution >= 4 is 57.6 Å². The minimum Gasteiger partial charge on any atom is -0.376 e. The minimum atomic E-state index is -0.227. The maximum Gasteiger partial charge on any atom is 0.224 e. The highest BCUT2D eigenvalue weighted by Crippen LogP contribution is 2.27. The number of rotatable bonds is 6. The molecule has 0 unspecified atom stereocenters. The van der Waals surface area contributed by atoms with Crippen molar-refractivity contribution in [3.05, 3.63) is 44.6 Å². The molecule has 0 radical (unpaired) electrons. The summed E-state index contributed by atoms with van der Waals surface area (Å²) in [6.45, 7) is 0. The summed E-state index contributed by atoms with van der Waals surface area (Å²) < 4.78 is 0.563. The van der Waals surface area contributed by atoms with Crippen LogP contribution in [0.25, 0.3) is 0 Å². The SMILES string of the molecule is CN(C)c1ccc(NC(=O)CCC(=O)c2ccc(Cl)s2)cc1Cl. The number of amides is 1. The number of carbonyl (C=O) groups excluding carboxylic acids is 2. The molecule has 0 aliphatic carbocycles. The topological polar surface area (TPSA) is 49.4 Å². The van der Waals surface area contributed by atoms with Gasteiger partial charge in [-0.15, -0.1) is 11.3 Å². The molecule has 1 heterocycles. The summed E-state index contributed by atoms with van der Waals surface area (Å²) in [5, 5.41) is 3.30. The molecule has 0 saturated carbocycles. The van der Waals surface area contributed by atoms with E-state index in [-0.39, 0.29) is 24.5 Å². The van der Waals surface area contributed by atoms with Gasteiger partial charge >= 0.3 is 0 Å². The van der Waals surface area contributed by atoms with E-state index in [1.807, 2.05) is 25.1 Å². The van der Waals surface area contributed by atoms with Gasteiger partial charge in [0.2, 0.25) is 5.91 Å². The van der Waals surface area contributed by atoms with Crippen molar-refractivity contribution in [1.82, 2.24) is 0 Å². The summed E-state index contributed by atoms with van der Waals surface area (Å²) in [6, 6.07) is 8.65. The second kappa shape index (κ2) is 7.81. The van der Waals surface area contributed by atoms with Crippen LogP contribution in [0.2, 0.25) is 9.36 Å². The van der Waals surface area contributed by atoms with Crippen LogP contribution in [0.15, 0.2) is 30.3 Å². The lowest BCUT2D eigenvalue weighted by Crippen LogP contribution is -2.14. The zero-order chi connectivity index (χ0) is 17.0. The number of hydrogen-bond donors (Lipinski definition) is 1. The number of thiophene rings is 1. The number of nitrogens with zero attached hydrogens (tertiary/aromatic N) is 1. The second-order valence-electron chi connectivity index (χ2n) is 5.14. The second-order valence-corrected chi connectivity index (χ2v) is 7.26. The number of ketones is 1. The minimum absolute atomic E-state index is 0.0851. The van der Waals surface area contributed by atoms with Gasteiger partial charge in [0.1, 0.15) is 0 Å². The predicted molar refractivity (Wildman–Crippen MR) is 97.3 cm³/mol. The highest BCUT2D eigenvalue weighted by Gasteiger charge is 2.12. The van der Waals surface area contributed by atoms with Crippen LogP contribution in [0.4, 0.5) is 11.4 Å². The van der Waals surface area contributed by atoms with E-state index in [1.165, 1.54) is 11.3 Å². The van der Waals surface area contributed by atoms with E-state index < -0.39 is 0 Å². The fraction of sp³-hybridized carbons (Fsp3) is 0.250. The Morgan fingerprint density at radius 3 is 2.43 bits per heavy atom. The fourth-order valence-corrected chi connectivity index (χ4v) is 3.35. The van der Waals surface area contributed by atoms with Crippen molar-refractivity contribution in [2.45, 2.75) is 12.8 Å². The smallest absolute Gasteiger partial charge is 0.224 e. The molecule has 1 N–H and O–H groups in total. The maximum atomic E-state index is 11.9. The number of halogens is 2. The van der Waals surface area contributed by atoms with E-state index in [0.717, 1.165) is 5.69 Å². The Kier molecular flexibility index (Phi) is 6.04. The van der Waals surface area contributed by atoms with Crippen molar-refractivity contribution < 1.29 is 9.59 Å². The monoisotopic (exact) mass is 370 g/mol. The summed E-state index contributed by atoms with van der Waals surface area (Å²) in [5.74, 6) is -0.312. The van der Waals surface area contributed by atoms with Crippen LogP contribution in [-0.2, 0) is 4.79 Å². The van der Waals surface area contributed by atoms with Gasteiger partial charge < -0.3 is 10.2 Å². The van der Waals surface area contributed by atoms with Crippen LogP contribution in [0.5, 0.6) is 0 Å². The average Bonchev–Trinajstić information content (AvgIpc) is 2.91.